The fourth-order valence-electron chi connectivity index (χ4n) is 2.40. The molecule has 1 aromatic rings. The van der Waals surface area contributed by atoms with Crippen LogP contribution in [0.15, 0.2) is 24.3 Å². The molecular formula is C14H19ClN2O. The third-order valence-corrected chi connectivity index (χ3v) is 3.78. The monoisotopic (exact) mass is 266 g/mol. The molecule has 2 rings (SSSR count). The van der Waals surface area contributed by atoms with E-state index in [-0.39, 0.29) is 6.03 Å². The average Bonchev–Trinajstić information content (AvgIpc) is 2.35. The van der Waals surface area contributed by atoms with Gasteiger partial charge in [0.1, 0.15) is 0 Å². The van der Waals surface area contributed by atoms with Gasteiger partial charge >= 0.3 is 6.03 Å². The molecule has 2 amide bonds. The zero-order valence-electron chi connectivity index (χ0n) is 10.6. The molecule has 0 saturated heterocycles. The topological polar surface area (TPSA) is 41.1 Å². The molecule has 0 heterocycles. The van der Waals surface area contributed by atoms with Gasteiger partial charge in [-0.3, -0.25) is 0 Å². The second-order valence-electron chi connectivity index (χ2n) is 4.97. The number of urea groups is 1. The summed E-state index contributed by atoms with van der Waals surface area (Å²) in [6.07, 6.45) is 4.76. The Morgan fingerprint density at radius 1 is 1.22 bits per heavy atom. The Balaban J connectivity index is 1.86. The summed E-state index contributed by atoms with van der Waals surface area (Å²) in [6, 6.07) is 7.29. The number of anilines is 1. The highest BCUT2D eigenvalue weighted by atomic mass is 35.5. The van der Waals surface area contributed by atoms with Gasteiger partial charge in [0, 0.05) is 16.8 Å². The van der Waals surface area contributed by atoms with Gasteiger partial charge in [-0.15, -0.1) is 0 Å². The number of carbonyl (C=O) groups is 1. The molecule has 0 aliphatic heterocycles. The van der Waals surface area contributed by atoms with Crippen LogP contribution in [-0.4, -0.2) is 12.1 Å². The van der Waals surface area contributed by atoms with Crippen LogP contribution < -0.4 is 10.6 Å². The van der Waals surface area contributed by atoms with E-state index >= 15 is 0 Å². The Kier molecular flexibility index (Phi) is 4.48. The SMILES string of the molecule is CC1CCCCC1NC(=O)Nc1ccc(Cl)cc1. The predicted octanol–water partition coefficient (Wildman–Crippen LogP) is 4.04. The first-order valence-corrected chi connectivity index (χ1v) is 6.86. The van der Waals surface area contributed by atoms with Crippen molar-refractivity contribution in [3.05, 3.63) is 29.3 Å². The van der Waals surface area contributed by atoms with Gasteiger partial charge in [-0.2, -0.15) is 0 Å². The summed E-state index contributed by atoms with van der Waals surface area (Å²) < 4.78 is 0. The third kappa shape index (κ3) is 3.64. The van der Waals surface area contributed by atoms with E-state index in [2.05, 4.69) is 17.6 Å². The second-order valence-corrected chi connectivity index (χ2v) is 5.41. The molecule has 1 fully saturated rings. The van der Waals surface area contributed by atoms with Gasteiger partial charge in [-0.1, -0.05) is 31.4 Å². The molecule has 18 heavy (non-hydrogen) atoms. The maximum atomic E-state index is 11.9. The van der Waals surface area contributed by atoms with Crippen molar-refractivity contribution < 1.29 is 4.79 Å². The fraction of sp³-hybridized carbons (Fsp3) is 0.500. The lowest BCUT2D eigenvalue weighted by Gasteiger charge is -2.29. The number of amides is 2. The number of carbonyl (C=O) groups excluding carboxylic acids is 1. The largest absolute Gasteiger partial charge is 0.335 e. The van der Waals surface area contributed by atoms with Crippen LogP contribution in [0.3, 0.4) is 0 Å². The predicted molar refractivity (Wildman–Crippen MR) is 75.0 cm³/mol. The lowest BCUT2D eigenvalue weighted by molar-refractivity contribution is 0.232. The number of halogens is 1. The van der Waals surface area contributed by atoms with Crippen molar-refractivity contribution in [2.75, 3.05) is 5.32 Å². The summed E-state index contributed by atoms with van der Waals surface area (Å²) in [7, 11) is 0. The van der Waals surface area contributed by atoms with E-state index in [0.29, 0.717) is 17.0 Å². The Hall–Kier alpha value is -1.22. The van der Waals surface area contributed by atoms with Crippen molar-refractivity contribution in [3.8, 4) is 0 Å². The van der Waals surface area contributed by atoms with Crippen molar-refractivity contribution in [1.82, 2.24) is 5.32 Å². The van der Waals surface area contributed by atoms with Crippen LogP contribution in [0.1, 0.15) is 32.6 Å². The minimum Gasteiger partial charge on any atom is -0.335 e. The quantitative estimate of drug-likeness (QED) is 0.833. The van der Waals surface area contributed by atoms with Gasteiger partial charge in [0.25, 0.3) is 0 Å². The summed E-state index contributed by atoms with van der Waals surface area (Å²) in [5.41, 5.74) is 0.764. The molecule has 0 spiro atoms. The van der Waals surface area contributed by atoms with Gasteiger partial charge in [-0.05, 0) is 43.0 Å². The first-order valence-electron chi connectivity index (χ1n) is 6.48. The molecule has 1 aliphatic carbocycles. The Morgan fingerprint density at radius 2 is 1.89 bits per heavy atom. The number of rotatable bonds is 2. The van der Waals surface area contributed by atoms with E-state index < -0.39 is 0 Å². The Morgan fingerprint density at radius 3 is 2.56 bits per heavy atom. The molecule has 1 aliphatic rings. The van der Waals surface area contributed by atoms with Gasteiger partial charge in [0.2, 0.25) is 0 Å². The molecule has 0 bridgehead atoms. The van der Waals surface area contributed by atoms with E-state index in [0.717, 1.165) is 12.1 Å². The molecule has 98 valence electrons. The summed E-state index contributed by atoms with van der Waals surface area (Å²) in [4.78, 5) is 11.9. The Labute approximate surface area is 113 Å². The minimum atomic E-state index is -0.129. The number of benzene rings is 1. The van der Waals surface area contributed by atoms with Crippen LogP contribution in [0, 0.1) is 5.92 Å². The zero-order valence-corrected chi connectivity index (χ0v) is 11.3. The number of nitrogens with one attached hydrogen (secondary N) is 2. The first kappa shape index (κ1) is 13.2. The molecule has 0 aromatic heterocycles. The molecule has 2 unspecified atom stereocenters. The van der Waals surface area contributed by atoms with Crippen LogP contribution in [0.5, 0.6) is 0 Å². The van der Waals surface area contributed by atoms with Gasteiger partial charge < -0.3 is 10.6 Å². The van der Waals surface area contributed by atoms with Crippen LogP contribution in [0.25, 0.3) is 0 Å². The molecule has 4 heteroatoms. The molecule has 2 atom stereocenters. The highest BCUT2D eigenvalue weighted by Gasteiger charge is 2.22. The fourth-order valence-corrected chi connectivity index (χ4v) is 2.53. The van der Waals surface area contributed by atoms with Crippen LogP contribution in [-0.2, 0) is 0 Å². The standard InChI is InChI=1S/C14H19ClN2O/c1-10-4-2-3-5-13(10)17-14(18)16-12-8-6-11(15)7-9-12/h6-10,13H,2-5H2,1H3,(H2,16,17,18). The van der Waals surface area contributed by atoms with E-state index in [1.807, 2.05) is 0 Å². The number of hydrogen-bond acceptors (Lipinski definition) is 1. The smallest absolute Gasteiger partial charge is 0.319 e. The van der Waals surface area contributed by atoms with E-state index in [1.165, 1.54) is 19.3 Å². The van der Waals surface area contributed by atoms with Crippen LogP contribution in [0.4, 0.5) is 10.5 Å². The maximum Gasteiger partial charge on any atom is 0.319 e. The minimum absolute atomic E-state index is 0.129. The van der Waals surface area contributed by atoms with E-state index in [1.54, 1.807) is 24.3 Å². The molecule has 3 nitrogen and oxygen atoms in total. The third-order valence-electron chi connectivity index (χ3n) is 3.53. The normalized spacial score (nSPS) is 23.4. The van der Waals surface area contributed by atoms with Crippen LogP contribution >= 0.6 is 11.6 Å². The molecule has 1 aromatic carbocycles. The highest BCUT2D eigenvalue weighted by molar-refractivity contribution is 6.30. The van der Waals surface area contributed by atoms with Crippen molar-refractivity contribution in [1.29, 1.82) is 0 Å². The van der Waals surface area contributed by atoms with Gasteiger partial charge in [0.05, 0.1) is 0 Å². The van der Waals surface area contributed by atoms with Crippen molar-refractivity contribution in [2.24, 2.45) is 5.92 Å². The molecule has 1 saturated carbocycles. The van der Waals surface area contributed by atoms with Crippen molar-refractivity contribution >= 4 is 23.3 Å². The highest BCUT2D eigenvalue weighted by Crippen LogP contribution is 2.23. The van der Waals surface area contributed by atoms with Crippen molar-refractivity contribution in [3.63, 3.8) is 0 Å². The van der Waals surface area contributed by atoms with Crippen LogP contribution in [0.2, 0.25) is 5.02 Å². The molecule has 2 N–H and O–H groups in total. The summed E-state index contributed by atoms with van der Waals surface area (Å²) >= 11 is 5.79. The molecule has 0 radical (unpaired) electrons. The zero-order chi connectivity index (χ0) is 13.0. The summed E-state index contributed by atoms with van der Waals surface area (Å²) in [5, 5.41) is 6.55. The lowest BCUT2D eigenvalue weighted by atomic mass is 9.86. The summed E-state index contributed by atoms with van der Waals surface area (Å²) in [6.45, 7) is 2.20. The Bertz CT molecular complexity index is 405. The first-order chi connectivity index (χ1) is 8.65. The second kappa shape index (κ2) is 6.10. The average molecular weight is 267 g/mol. The van der Waals surface area contributed by atoms with E-state index in [9.17, 15) is 4.79 Å². The van der Waals surface area contributed by atoms with Crippen molar-refractivity contribution in [2.45, 2.75) is 38.6 Å². The van der Waals surface area contributed by atoms with E-state index in [4.69, 9.17) is 11.6 Å². The van der Waals surface area contributed by atoms with Gasteiger partial charge in [0.15, 0.2) is 0 Å². The van der Waals surface area contributed by atoms with Gasteiger partial charge in [-0.25, -0.2) is 4.79 Å². The number of hydrogen-bond donors (Lipinski definition) is 2. The molecular weight excluding hydrogens is 248 g/mol. The lowest BCUT2D eigenvalue weighted by Crippen LogP contribution is -2.43. The maximum absolute atomic E-state index is 11.9. The summed E-state index contributed by atoms with van der Waals surface area (Å²) in [5.74, 6) is 0.565.